The number of carboxylic acids is 2. The molecular weight excluding hydrogens is 539 g/mol. The Hall–Kier alpha value is -3.95. The van der Waals surface area contributed by atoms with Crippen LogP contribution in [-0.4, -0.2) is 22.2 Å². The molecule has 0 amide bonds. The summed E-state index contributed by atoms with van der Waals surface area (Å²) in [5, 5.41) is 21.7. The van der Waals surface area contributed by atoms with Crippen molar-refractivity contribution < 1.29 is 36.6 Å². The Morgan fingerprint density at radius 3 is 2.00 bits per heavy atom. The van der Waals surface area contributed by atoms with Crippen molar-refractivity contribution in [2.45, 2.75) is 53.4 Å². The number of aromatic nitrogens is 4. The van der Waals surface area contributed by atoms with E-state index in [0.29, 0.717) is 23.9 Å². The van der Waals surface area contributed by atoms with Gasteiger partial charge in [-0.2, -0.15) is 0 Å². The van der Waals surface area contributed by atoms with E-state index in [-0.39, 0.29) is 29.6 Å². The van der Waals surface area contributed by atoms with Gasteiger partial charge in [-0.15, -0.1) is 44.2 Å². The van der Waals surface area contributed by atoms with Crippen LogP contribution >= 0.6 is 0 Å². The molecule has 2 N–H and O–H groups in total. The maximum Gasteiger partial charge on any atom is 0.303 e. The predicted octanol–water partition coefficient (Wildman–Crippen LogP) is 0.410. The van der Waals surface area contributed by atoms with Gasteiger partial charge in [-0.05, 0) is 40.5 Å². The molecule has 4 aromatic heterocycles. The molecule has 0 atom stereocenters. The van der Waals surface area contributed by atoms with Crippen LogP contribution in [-0.2, 0) is 39.2 Å². The van der Waals surface area contributed by atoms with Gasteiger partial charge in [-0.1, -0.05) is 69.8 Å². The number of aliphatic carboxylic acids is 2. The zero-order valence-electron chi connectivity index (χ0n) is 22.1. The van der Waals surface area contributed by atoms with Crippen LogP contribution in [0.5, 0.6) is 0 Å². The second-order valence-electron chi connectivity index (χ2n) is 9.84. The average molecular weight is 568 g/mol. The van der Waals surface area contributed by atoms with E-state index in [0.717, 1.165) is 66.5 Å². The number of rotatable bonds is 6. The van der Waals surface area contributed by atoms with Crippen LogP contribution in [0.3, 0.4) is 0 Å². The van der Waals surface area contributed by atoms with E-state index in [1.807, 2.05) is 64.1 Å². The third-order valence-electron chi connectivity index (χ3n) is 7.10. The number of hydrogen-bond acceptors (Lipinski definition) is 2. The van der Waals surface area contributed by atoms with Crippen molar-refractivity contribution in [1.29, 1.82) is 0 Å². The molecule has 8 bridgehead atoms. The summed E-state index contributed by atoms with van der Waals surface area (Å²) in [6.45, 7) is 7.89. The molecule has 0 spiro atoms. The standard InChI is InChI=1S/C30H28N4O4.Co/c1-15-9-20-12-25-17(3)21(5-7-29(35)36)27(33-25)14-28-22(6-8-30(37)38)18(4)26(34-28)13-24-16(2)10-19(32-24)11-23(15)31-20;/h9-14H,5-8H2,1-4H3,(H,35,36)(H,37,38);/q-4;/b19-11?,20-12-,23-11-,24-13?,25-12?,26-13-,27-14?,28-14-;. The number of nitrogens with zero attached hydrogens (tertiary/aromatic N) is 4. The molecule has 0 aliphatic carbocycles. The maximum atomic E-state index is 11.4. The molecule has 1 aliphatic rings. The van der Waals surface area contributed by atoms with Crippen LogP contribution in [0, 0.1) is 27.7 Å². The van der Waals surface area contributed by atoms with Crippen molar-refractivity contribution in [1.82, 2.24) is 19.9 Å². The van der Waals surface area contributed by atoms with Gasteiger partial charge in [0, 0.05) is 29.6 Å². The molecule has 4 aromatic rings. The van der Waals surface area contributed by atoms with Crippen LogP contribution in [0.4, 0.5) is 0 Å². The van der Waals surface area contributed by atoms with Gasteiger partial charge in [-0.3, -0.25) is 9.59 Å². The minimum absolute atomic E-state index is 0. The molecule has 0 saturated carbocycles. The van der Waals surface area contributed by atoms with E-state index in [4.69, 9.17) is 19.9 Å². The Labute approximate surface area is 235 Å². The molecule has 39 heavy (non-hydrogen) atoms. The van der Waals surface area contributed by atoms with Gasteiger partial charge in [0.05, 0.1) is 0 Å². The van der Waals surface area contributed by atoms with Crippen molar-refractivity contribution in [3.8, 4) is 0 Å². The van der Waals surface area contributed by atoms with Crippen LogP contribution in [0.2, 0.25) is 0 Å². The fourth-order valence-electron chi connectivity index (χ4n) is 4.96. The molecule has 1 aliphatic heterocycles. The van der Waals surface area contributed by atoms with Gasteiger partial charge in [0.25, 0.3) is 0 Å². The minimum Gasteiger partial charge on any atom is -0.658 e. The van der Waals surface area contributed by atoms with Crippen molar-refractivity contribution in [3.63, 3.8) is 0 Å². The van der Waals surface area contributed by atoms with Gasteiger partial charge in [0.2, 0.25) is 0 Å². The van der Waals surface area contributed by atoms with E-state index >= 15 is 0 Å². The van der Waals surface area contributed by atoms with Gasteiger partial charge in [0.1, 0.15) is 0 Å². The molecule has 1 radical (unpaired) electrons. The molecule has 0 saturated heterocycles. The normalized spacial score (nSPS) is 15.5. The average Bonchev–Trinajstić information content (AvgIpc) is 3.53. The monoisotopic (exact) mass is 567 g/mol. The molecule has 8 nitrogen and oxygen atoms in total. The fraction of sp³-hybridized carbons (Fsp3) is 0.267. The summed E-state index contributed by atoms with van der Waals surface area (Å²) in [5.74, 6) is -1.76. The molecule has 205 valence electrons. The molecule has 0 aromatic carbocycles. The zero-order valence-corrected chi connectivity index (χ0v) is 23.2. The van der Waals surface area contributed by atoms with Crippen LogP contribution in [0.15, 0.2) is 12.1 Å². The third kappa shape index (κ3) is 5.74. The summed E-state index contributed by atoms with van der Waals surface area (Å²) >= 11 is 0. The second kappa shape index (κ2) is 11.0. The van der Waals surface area contributed by atoms with Crippen molar-refractivity contribution in [2.75, 3.05) is 0 Å². The van der Waals surface area contributed by atoms with E-state index in [2.05, 4.69) is 0 Å². The van der Waals surface area contributed by atoms with Gasteiger partial charge in [0.15, 0.2) is 0 Å². The Balaban J connectivity index is 0.00000353. The first-order chi connectivity index (χ1) is 18.1. The first-order valence-electron chi connectivity index (χ1n) is 12.5. The number of hydrogen-bond donors (Lipinski definition) is 2. The molecule has 0 unspecified atom stereocenters. The molecule has 5 heterocycles. The second-order valence-corrected chi connectivity index (χ2v) is 9.84. The summed E-state index contributed by atoms with van der Waals surface area (Å²) in [4.78, 5) is 42.2. The van der Waals surface area contributed by atoms with Gasteiger partial charge < -0.3 is 30.1 Å². The third-order valence-corrected chi connectivity index (χ3v) is 7.10. The van der Waals surface area contributed by atoms with E-state index < -0.39 is 11.9 Å². The number of fused-ring (bicyclic) bond motifs is 8. The van der Waals surface area contributed by atoms with Gasteiger partial charge >= 0.3 is 11.9 Å². The Kier molecular flexibility index (Phi) is 7.94. The molecular formula is C30H28CoN4O4-4. The fourth-order valence-corrected chi connectivity index (χ4v) is 4.96. The topological polar surface area (TPSA) is 131 Å². The summed E-state index contributed by atoms with van der Waals surface area (Å²) in [7, 11) is 0. The molecule has 9 heteroatoms. The van der Waals surface area contributed by atoms with Crippen LogP contribution in [0.1, 0.15) is 69.0 Å². The Bertz CT molecular complexity index is 1830. The predicted molar refractivity (Wildman–Crippen MR) is 143 cm³/mol. The summed E-state index contributed by atoms with van der Waals surface area (Å²) < 4.78 is 0. The first-order valence-corrected chi connectivity index (χ1v) is 12.5. The largest absolute Gasteiger partial charge is 0.658 e. The first kappa shape index (κ1) is 28.1. The van der Waals surface area contributed by atoms with Crippen LogP contribution in [0.25, 0.3) is 24.3 Å². The maximum absolute atomic E-state index is 11.4. The van der Waals surface area contributed by atoms with Gasteiger partial charge in [-0.25, -0.2) is 0 Å². The Morgan fingerprint density at radius 1 is 0.641 bits per heavy atom. The minimum atomic E-state index is -0.882. The number of carboxylic acid groups (broad SMARTS) is 2. The smallest absolute Gasteiger partial charge is 0.303 e. The van der Waals surface area contributed by atoms with Crippen molar-refractivity contribution in [2.24, 2.45) is 0 Å². The SMILES string of the molecule is Cc1cc2[n-]c1/C=c1\[n-]/c(c(CCC(=O)O)c1C)=C\c1[n-]c(c(C)c1CCC(=O)O)/C=c1/cc(C)/c([n-]1)=C/2.[Co]. The summed E-state index contributed by atoms with van der Waals surface area (Å²) in [6, 6.07) is 4.01. The zero-order chi connectivity index (χ0) is 27.1. The number of aryl methyl sites for hydroxylation is 2. The van der Waals surface area contributed by atoms with E-state index in [1.165, 1.54) is 0 Å². The number of carbonyl (C=O) groups is 2. The van der Waals surface area contributed by atoms with E-state index in [9.17, 15) is 19.8 Å². The summed E-state index contributed by atoms with van der Waals surface area (Å²) in [5.41, 5.74) is 8.46. The molecule has 0 fully saturated rings. The van der Waals surface area contributed by atoms with E-state index in [1.54, 1.807) is 0 Å². The quantitative estimate of drug-likeness (QED) is 0.302. The molecule has 5 rings (SSSR count). The Morgan fingerprint density at radius 2 is 1.31 bits per heavy atom. The van der Waals surface area contributed by atoms with Crippen LogP contribution < -0.4 is 41.3 Å². The summed E-state index contributed by atoms with van der Waals surface area (Å²) in [6.07, 6.45) is 8.25. The van der Waals surface area contributed by atoms with Crippen molar-refractivity contribution in [3.05, 3.63) is 89.7 Å². The van der Waals surface area contributed by atoms with Crippen molar-refractivity contribution >= 4 is 36.2 Å².